The quantitative estimate of drug-likeness (QED) is 0.192. The van der Waals surface area contributed by atoms with Crippen molar-refractivity contribution >= 4 is 0 Å². The summed E-state index contributed by atoms with van der Waals surface area (Å²) in [5, 5.41) is 0. The van der Waals surface area contributed by atoms with Gasteiger partial charge in [-0.3, -0.25) is 0 Å². The summed E-state index contributed by atoms with van der Waals surface area (Å²) in [6, 6.07) is 0. The standard InChI is InChI=1S/3C3H10N2.2ClHO4.Ni/c3*4-2-1-3-5;2*2-1(3,4)5;/h3*1-5H2;2*(H,2,3,4,5);/q;;;;;+2/p-2. The molecule has 12 N–H and O–H groups in total. The Labute approximate surface area is 167 Å². The van der Waals surface area contributed by atoms with Crippen molar-refractivity contribution in [1.82, 2.24) is 0 Å². The zero-order valence-electron chi connectivity index (χ0n) is 14.2. The molecule has 0 fully saturated rings. The van der Waals surface area contributed by atoms with Gasteiger partial charge in [0.2, 0.25) is 0 Å². The Bertz CT molecular complexity index is 173. The molecule has 0 aliphatic heterocycles. The van der Waals surface area contributed by atoms with Gasteiger partial charge in [0.05, 0.1) is 0 Å². The first-order chi connectivity index (χ1) is 11.2. The molecule has 0 aromatic carbocycles. The molecule has 0 aliphatic rings. The third kappa shape index (κ3) is 319. The topological polar surface area (TPSA) is 341 Å². The molecule has 0 aliphatic carbocycles. The zero-order valence-corrected chi connectivity index (χ0v) is 16.7. The molecule has 26 heavy (non-hydrogen) atoms. The van der Waals surface area contributed by atoms with Crippen molar-refractivity contribution in [3.05, 3.63) is 0 Å². The van der Waals surface area contributed by atoms with Crippen LogP contribution in [0.15, 0.2) is 0 Å². The maximum Gasteiger partial charge on any atom is 2.00 e. The van der Waals surface area contributed by atoms with Crippen molar-refractivity contribution in [3.8, 4) is 0 Å². The van der Waals surface area contributed by atoms with Gasteiger partial charge in [0.1, 0.15) is 0 Å². The van der Waals surface area contributed by atoms with E-state index in [9.17, 15) is 0 Å². The predicted octanol–water partition coefficient (Wildman–Crippen LogP) is -11.6. The second kappa shape index (κ2) is 33.1. The van der Waals surface area contributed by atoms with E-state index in [0.29, 0.717) is 0 Å². The minimum atomic E-state index is -4.94. The fourth-order valence-electron chi connectivity index (χ4n) is 0.354. The Kier molecular flexibility index (Phi) is 52.3. The molecule has 0 aromatic heterocycles. The average Bonchev–Trinajstić information content (AvgIpc) is 2.39. The summed E-state index contributed by atoms with van der Waals surface area (Å²) < 4.78 is 67.9. The van der Waals surface area contributed by atoms with E-state index >= 15 is 0 Å². The molecular weight excluding hydrogens is 450 g/mol. The summed E-state index contributed by atoms with van der Waals surface area (Å²) in [6.07, 6.45) is 2.83. The normalized spacial score (nSPS) is 9.46. The van der Waals surface area contributed by atoms with Gasteiger partial charge >= 0.3 is 16.5 Å². The predicted molar refractivity (Wildman–Crippen MR) is 68.2 cm³/mol. The largest absolute Gasteiger partial charge is 2.00 e. The second-order valence-corrected chi connectivity index (χ2v) is 5.06. The van der Waals surface area contributed by atoms with Gasteiger partial charge in [0.25, 0.3) is 0 Å². The van der Waals surface area contributed by atoms with Crippen LogP contribution in [0.25, 0.3) is 0 Å². The van der Waals surface area contributed by atoms with Gasteiger partial charge in [-0.15, -0.1) is 20.5 Å². The molecule has 168 valence electrons. The van der Waals surface area contributed by atoms with Gasteiger partial charge in [0, 0.05) is 0 Å². The van der Waals surface area contributed by atoms with E-state index in [1.165, 1.54) is 0 Å². The Morgan fingerprint density at radius 3 is 0.462 bits per heavy atom. The van der Waals surface area contributed by atoms with Gasteiger partial charge in [0.15, 0.2) is 0 Å². The smallest absolute Gasteiger partial charge is 0.330 e. The fraction of sp³-hybridized carbons (Fsp3) is 1.00. The van der Waals surface area contributed by atoms with Crippen molar-refractivity contribution in [1.29, 1.82) is 0 Å². The van der Waals surface area contributed by atoms with Gasteiger partial charge < -0.3 is 34.4 Å². The Hall–Kier alpha value is 0.514. The van der Waals surface area contributed by atoms with Crippen molar-refractivity contribution in [2.24, 2.45) is 34.4 Å². The Morgan fingerprint density at radius 2 is 0.462 bits per heavy atom. The van der Waals surface area contributed by atoms with Crippen LogP contribution >= 0.6 is 0 Å². The van der Waals surface area contributed by atoms with E-state index in [0.717, 1.165) is 58.5 Å². The van der Waals surface area contributed by atoms with Crippen LogP contribution in [0.4, 0.5) is 0 Å². The Balaban J connectivity index is -0.0000000476. The van der Waals surface area contributed by atoms with Crippen LogP contribution in [-0.2, 0) is 16.5 Å². The number of hydrogen-bond acceptors (Lipinski definition) is 14. The fourth-order valence-corrected chi connectivity index (χ4v) is 0.354. The van der Waals surface area contributed by atoms with Crippen LogP contribution in [0.2, 0.25) is 0 Å². The molecule has 0 saturated carbocycles. The minimum absolute atomic E-state index is 0. The van der Waals surface area contributed by atoms with Crippen LogP contribution in [0.1, 0.15) is 19.3 Å². The van der Waals surface area contributed by atoms with E-state index in [-0.39, 0.29) is 16.5 Å². The monoisotopic (exact) mass is 478 g/mol. The van der Waals surface area contributed by atoms with E-state index in [2.05, 4.69) is 0 Å². The van der Waals surface area contributed by atoms with Crippen molar-refractivity contribution in [2.75, 3.05) is 39.3 Å². The molecule has 0 amide bonds. The van der Waals surface area contributed by atoms with E-state index in [1.807, 2.05) is 0 Å². The van der Waals surface area contributed by atoms with Gasteiger partial charge in [-0.1, -0.05) is 0 Å². The molecular formula is C9H30Cl2N6NiO8. The van der Waals surface area contributed by atoms with E-state index in [1.54, 1.807) is 0 Å². The third-order valence-electron chi connectivity index (χ3n) is 1.22. The molecule has 0 saturated heterocycles. The first kappa shape index (κ1) is 41.0. The first-order valence-corrected chi connectivity index (χ1v) is 9.15. The van der Waals surface area contributed by atoms with Crippen molar-refractivity contribution in [2.45, 2.75) is 19.3 Å². The summed E-state index contributed by atoms with van der Waals surface area (Å²) >= 11 is 0. The summed E-state index contributed by atoms with van der Waals surface area (Å²) in [4.78, 5) is 0. The van der Waals surface area contributed by atoms with Crippen molar-refractivity contribution in [3.63, 3.8) is 0 Å². The van der Waals surface area contributed by atoms with Crippen LogP contribution < -0.4 is 71.7 Å². The van der Waals surface area contributed by atoms with Gasteiger partial charge in [-0.2, -0.15) is 0 Å². The van der Waals surface area contributed by atoms with Crippen LogP contribution in [0, 0.1) is 20.5 Å². The molecule has 0 rings (SSSR count). The summed E-state index contributed by atoms with van der Waals surface area (Å²) in [5.74, 6) is 0. The molecule has 0 aromatic rings. The molecule has 0 radical (unpaired) electrons. The number of rotatable bonds is 6. The van der Waals surface area contributed by atoms with Gasteiger partial charge in [-0.25, -0.2) is 37.3 Å². The molecule has 0 spiro atoms. The van der Waals surface area contributed by atoms with Crippen LogP contribution in [0.3, 0.4) is 0 Å². The molecule has 14 nitrogen and oxygen atoms in total. The van der Waals surface area contributed by atoms with Crippen LogP contribution in [0.5, 0.6) is 0 Å². The first-order valence-electron chi connectivity index (χ1n) is 6.68. The minimum Gasteiger partial charge on any atom is -0.330 e. The zero-order chi connectivity index (χ0) is 21.4. The molecule has 0 unspecified atom stereocenters. The molecule has 0 bridgehead atoms. The molecule has 0 heterocycles. The SMILES string of the molecule is NCCCN.NCCCN.NCCCN.[Ni+2].[O-][Cl+3]([O-])([O-])[O-].[O-][Cl+3]([O-])([O-])[O-]. The van der Waals surface area contributed by atoms with E-state index in [4.69, 9.17) is 71.7 Å². The average molecular weight is 480 g/mol. The molecule has 0 atom stereocenters. The maximum absolute atomic E-state index is 8.49. The number of nitrogens with two attached hydrogens (primary N) is 6. The summed E-state index contributed by atoms with van der Waals surface area (Å²) in [7, 11) is -9.89. The second-order valence-electron chi connectivity index (χ2n) is 3.55. The summed E-state index contributed by atoms with van der Waals surface area (Å²) in [5.41, 5.74) is 30.4. The van der Waals surface area contributed by atoms with Crippen molar-refractivity contribution < 1.29 is 74.2 Å². The van der Waals surface area contributed by atoms with Crippen LogP contribution in [-0.4, -0.2) is 39.3 Å². The maximum atomic E-state index is 8.49. The summed E-state index contributed by atoms with van der Waals surface area (Å²) in [6.45, 7) is 4.31. The third-order valence-corrected chi connectivity index (χ3v) is 1.22. The van der Waals surface area contributed by atoms with Gasteiger partial charge in [-0.05, 0) is 58.5 Å². The number of halogens is 2. The number of hydrogen-bond donors (Lipinski definition) is 6. The van der Waals surface area contributed by atoms with E-state index < -0.39 is 20.5 Å². The Morgan fingerprint density at radius 1 is 0.385 bits per heavy atom. The molecule has 17 heteroatoms.